The van der Waals surface area contributed by atoms with Crippen LogP contribution in [0.5, 0.6) is 0 Å². The SMILES string of the molecule is NNC(Cc1ccc(Cl)cc1)c1cc(Br)ccc1Br. The fourth-order valence-corrected chi connectivity index (χ4v) is 2.92. The van der Waals surface area contributed by atoms with Gasteiger partial charge in [0.25, 0.3) is 0 Å². The molecule has 0 aromatic heterocycles. The monoisotopic (exact) mass is 402 g/mol. The van der Waals surface area contributed by atoms with Crippen LogP contribution in [0.15, 0.2) is 51.4 Å². The summed E-state index contributed by atoms with van der Waals surface area (Å²) in [5.41, 5.74) is 5.16. The third-order valence-electron chi connectivity index (χ3n) is 2.89. The van der Waals surface area contributed by atoms with Crippen molar-refractivity contribution in [3.05, 3.63) is 67.6 Å². The molecule has 2 rings (SSSR count). The summed E-state index contributed by atoms with van der Waals surface area (Å²) in [5.74, 6) is 5.69. The maximum Gasteiger partial charge on any atom is 0.0511 e. The number of hydrazine groups is 1. The van der Waals surface area contributed by atoms with E-state index in [0.717, 1.165) is 26.0 Å². The van der Waals surface area contributed by atoms with Gasteiger partial charge in [0.05, 0.1) is 6.04 Å². The highest BCUT2D eigenvalue weighted by Crippen LogP contribution is 2.29. The topological polar surface area (TPSA) is 38.0 Å². The van der Waals surface area contributed by atoms with Crippen LogP contribution in [0.1, 0.15) is 17.2 Å². The van der Waals surface area contributed by atoms with Crippen LogP contribution in [-0.4, -0.2) is 0 Å². The molecule has 2 aromatic rings. The molecule has 0 fully saturated rings. The summed E-state index contributed by atoms with van der Waals surface area (Å²) in [4.78, 5) is 0. The van der Waals surface area contributed by atoms with Gasteiger partial charge in [0.2, 0.25) is 0 Å². The number of hydrogen-bond donors (Lipinski definition) is 2. The number of nitrogens with two attached hydrogens (primary N) is 1. The zero-order chi connectivity index (χ0) is 13.8. The average Bonchev–Trinajstić information content (AvgIpc) is 2.41. The van der Waals surface area contributed by atoms with Crippen molar-refractivity contribution in [3.63, 3.8) is 0 Å². The van der Waals surface area contributed by atoms with Gasteiger partial charge < -0.3 is 0 Å². The maximum absolute atomic E-state index is 5.89. The molecule has 5 heteroatoms. The lowest BCUT2D eigenvalue weighted by molar-refractivity contribution is 0.550. The normalized spacial score (nSPS) is 12.4. The minimum absolute atomic E-state index is 0.0352. The van der Waals surface area contributed by atoms with Gasteiger partial charge in [0, 0.05) is 14.0 Å². The molecule has 0 bridgehead atoms. The van der Waals surface area contributed by atoms with Crippen molar-refractivity contribution in [1.82, 2.24) is 5.43 Å². The molecule has 0 heterocycles. The van der Waals surface area contributed by atoms with Crippen LogP contribution in [0.2, 0.25) is 5.02 Å². The average molecular weight is 405 g/mol. The first-order valence-electron chi connectivity index (χ1n) is 5.75. The molecule has 2 aromatic carbocycles. The van der Waals surface area contributed by atoms with E-state index < -0.39 is 0 Å². The lowest BCUT2D eigenvalue weighted by Crippen LogP contribution is -2.29. The van der Waals surface area contributed by atoms with E-state index in [1.807, 2.05) is 36.4 Å². The highest BCUT2D eigenvalue weighted by atomic mass is 79.9. The number of halogens is 3. The molecule has 0 aliphatic heterocycles. The van der Waals surface area contributed by atoms with Crippen molar-refractivity contribution in [2.24, 2.45) is 5.84 Å². The van der Waals surface area contributed by atoms with E-state index in [2.05, 4.69) is 43.4 Å². The van der Waals surface area contributed by atoms with Gasteiger partial charge in [-0.3, -0.25) is 11.3 Å². The van der Waals surface area contributed by atoms with E-state index in [1.165, 1.54) is 5.56 Å². The largest absolute Gasteiger partial charge is 0.271 e. The second kappa shape index (κ2) is 6.86. The Kier molecular flexibility index (Phi) is 5.42. The second-order valence-electron chi connectivity index (χ2n) is 4.22. The molecule has 3 N–H and O–H groups in total. The van der Waals surface area contributed by atoms with Gasteiger partial charge in [0.15, 0.2) is 0 Å². The fraction of sp³-hybridized carbons (Fsp3) is 0.143. The maximum atomic E-state index is 5.89. The van der Waals surface area contributed by atoms with Crippen LogP contribution in [-0.2, 0) is 6.42 Å². The first-order valence-corrected chi connectivity index (χ1v) is 7.72. The van der Waals surface area contributed by atoms with Crippen molar-refractivity contribution < 1.29 is 0 Å². The zero-order valence-electron chi connectivity index (χ0n) is 10.0. The molecule has 2 nitrogen and oxygen atoms in total. The Balaban J connectivity index is 2.24. The second-order valence-corrected chi connectivity index (χ2v) is 6.42. The molecule has 0 spiro atoms. The molecule has 0 aliphatic rings. The lowest BCUT2D eigenvalue weighted by Gasteiger charge is -2.18. The third-order valence-corrected chi connectivity index (χ3v) is 4.36. The highest BCUT2D eigenvalue weighted by molar-refractivity contribution is 9.11. The predicted octanol–water partition coefficient (Wildman–Crippen LogP) is 4.61. The predicted molar refractivity (Wildman–Crippen MR) is 87.1 cm³/mol. The zero-order valence-corrected chi connectivity index (χ0v) is 14.0. The summed E-state index contributed by atoms with van der Waals surface area (Å²) in [5, 5.41) is 0.740. The Labute approximate surface area is 134 Å². The molecule has 0 amide bonds. The summed E-state index contributed by atoms with van der Waals surface area (Å²) in [7, 11) is 0. The quantitative estimate of drug-likeness (QED) is 0.577. The minimum Gasteiger partial charge on any atom is -0.271 e. The van der Waals surface area contributed by atoms with E-state index in [1.54, 1.807) is 0 Å². The Bertz CT molecular complexity index is 558. The van der Waals surface area contributed by atoms with E-state index >= 15 is 0 Å². The fourth-order valence-electron chi connectivity index (χ4n) is 1.90. The van der Waals surface area contributed by atoms with Crippen LogP contribution >= 0.6 is 43.5 Å². The Morgan fingerprint density at radius 3 is 2.42 bits per heavy atom. The van der Waals surface area contributed by atoms with Crippen LogP contribution in [0.4, 0.5) is 0 Å². The van der Waals surface area contributed by atoms with E-state index in [-0.39, 0.29) is 6.04 Å². The van der Waals surface area contributed by atoms with Gasteiger partial charge in [0.1, 0.15) is 0 Å². The van der Waals surface area contributed by atoms with Gasteiger partial charge >= 0.3 is 0 Å². The number of rotatable bonds is 4. The molecular formula is C14H13Br2ClN2. The Hall–Kier alpha value is -0.390. The Morgan fingerprint density at radius 2 is 1.79 bits per heavy atom. The van der Waals surface area contributed by atoms with Crippen molar-refractivity contribution >= 4 is 43.5 Å². The lowest BCUT2D eigenvalue weighted by atomic mass is 9.99. The first kappa shape index (κ1) is 15.0. The van der Waals surface area contributed by atoms with Crippen molar-refractivity contribution in [1.29, 1.82) is 0 Å². The van der Waals surface area contributed by atoms with Gasteiger partial charge in [-0.1, -0.05) is 55.6 Å². The summed E-state index contributed by atoms with van der Waals surface area (Å²) in [6, 6.07) is 13.9. The van der Waals surface area contributed by atoms with Gasteiger partial charge in [-0.25, -0.2) is 0 Å². The Morgan fingerprint density at radius 1 is 1.11 bits per heavy atom. The van der Waals surface area contributed by atoms with Crippen LogP contribution in [0.3, 0.4) is 0 Å². The molecule has 0 saturated heterocycles. The summed E-state index contributed by atoms with van der Waals surface area (Å²) in [6.07, 6.45) is 0.794. The van der Waals surface area contributed by atoms with E-state index in [9.17, 15) is 0 Å². The molecular weight excluding hydrogens is 391 g/mol. The molecule has 0 aliphatic carbocycles. The smallest absolute Gasteiger partial charge is 0.0511 e. The van der Waals surface area contributed by atoms with Gasteiger partial charge in [-0.2, -0.15) is 0 Å². The molecule has 100 valence electrons. The number of hydrogen-bond acceptors (Lipinski definition) is 2. The summed E-state index contributed by atoms with van der Waals surface area (Å²) in [6.45, 7) is 0. The van der Waals surface area contributed by atoms with Crippen LogP contribution in [0, 0.1) is 0 Å². The molecule has 19 heavy (non-hydrogen) atoms. The van der Waals surface area contributed by atoms with Gasteiger partial charge in [-0.05, 0) is 47.9 Å². The molecule has 1 atom stereocenters. The van der Waals surface area contributed by atoms with Gasteiger partial charge in [-0.15, -0.1) is 0 Å². The minimum atomic E-state index is 0.0352. The van der Waals surface area contributed by atoms with Crippen molar-refractivity contribution in [2.45, 2.75) is 12.5 Å². The molecule has 0 radical (unpaired) electrons. The highest BCUT2D eigenvalue weighted by Gasteiger charge is 2.14. The molecule has 0 saturated carbocycles. The number of benzene rings is 2. The van der Waals surface area contributed by atoms with Crippen LogP contribution < -0.4 is 11.3 Å². The van der Waals surface area contributed by atoms with Crippen molar-refractivity contribution in [2.75, 3.05) is 0 Å². The molecule has 1 unspecified atom stereocenters. The van der Waals surface area contributed by atoms with Crippen LogP contribution in [0.25, 0.3) is 0 Å². The number of nitrogens with one attached hydrogen (secondary N) is 1. The standard InChI is InChI=1S/C14H13Br2ClN2/c15-10-3-6-13(16)12(8-10)14(19-18)7-9-1-4-11(17)5-2-9/h1-6,8,14,19H,7,18H2. The van der Waals surface area contributed by atoms with Crippen molar-refractivity contribution in [3.8, 4) is 0 Å². The van der Waals surface area contributed by atoms with E-state index in [0.29, 0.717) is 0 Å². The summed E-state index contributed by atoms with van der Waals surface area (Å²) >= 11 is 12.9. The summed E-state index contributed by atoms with van der Waals surface area (Å²) < 4.78 is 2.06. The first-order chi connectivity index (χ1) is 9.10. The third kappa shape index (κ3) is 4.04. The van der Waals surface area contributed by atoms with E-state index in [4.69, 9.17) is 17.4 Å².